The molecule has 7 heteroatoms. The van der Waals surface area contributed by atoms with Crippen molar-refractivity contribution in [2.24, 2.45) is 0 Å². The molecule has 1 aromatic carbocycles. The van der Waals surface area contributed by atoms with Gasteiger partial charge >= 0.3 is 6.09 Å². The fraction of sp³-hybridized carbons (Fsp3) is 0.200. The van der Waals surface area contributed by atoms with Crippen LogP contribution in [0.3, 0.4) is 0 Å². The van der Waals surface area contributed by atoms with Gasteiger partial charge in [0, 0.05) is 18.0 Å². The number of carbonyl (C=O) groups is 1. The van der Waals surface area contributed by atoms with Gasteiger partial charge in [-0.25, -0.2) is 4.79 Å². The zero-order valence-electron chi connectivity index (χ0n) is 12.2. The minimum absolute atomic E-state index is 0.205. The minimum Gasteiger partial charge on any atom is -0.493 e. The average molecular weight is 301 g/mol. The lowest BCUT2D eigenvalue weighted by molar-refractivity contribution is 0.199. The summed E-state index contributed by atoms with van der Waals surface area (Å²) in [5, 5.41) is 10.3. The first-order chi connectivity index (χ1) is 10.6. The Morgan fingerprint density at radius 3 is 3.05 bits per heavy atom. The van der Waals surface area contributed by atoms with Crippen LogP contribution in [0.25, 0.3) is 28.8 Å². The number of nitrogens with zero attached hydrogens (tertiary/aromatic N) is 1. The predicted molar refractivity (Wildman–Crippen MR) is 80.8 cm³/mol. The Balaban J connectivity index is 2.30. The first kappa shape index (κ1) is 14.0. The molecule has 114 valence electrons. The summed E-state index contributed by atoms with van der Waals surface area (Å²) < 4.78 is 16.3. The van der Waals surface area contributed by atoms with E-state index in [4.69, 9.17) is 13.9 Å². The standard InChI is InChI=1S/C15H15N3O4/c1-4-16-15(19)22-13-11(20-3)6-9-7-17-18-10-5-8(2)21-14(13)12(9)10/h5-7,18H,2,4H2,1,3H3,(H,16,19). The van der Waals surface area contributed by atoms with Gasteiger partial charge in [0.2, 0.25) is 5.75 Å². The summed E-state index contributed by atoms with van der Waals surface area (Å²) in [7, 11) is 1.49. The second-order valence-electron chi connectivity index (χ2n) is 4.62. The maximum absolute atomic E-state index is 11.8. The van der Waals surface area contributed by atoms with Crippen LogP contribution in [-0.2, 0) is 0 Å². The number of aromatic nitrogens is 2. The number of methoxy groups -OCH3 is 1. The third-order valence-corrected chi connectivity index (χ3v) is 3.16. The molecule has 2 heterocycles. The maximum Gasteiger partial charge on any atom is 0.412 e. The lowest BCUT2D eigenvalue weighted by Gasteiger charge is -2.16. The van der Waals surface area contributed by atoms with Crippen molar-refractivity contribution in [1.29, 1.82) is 0 Å². The highest BCUT2D eigenvalue weighted by Crippen LogP contribution is 2.42. The highest BCUT2D eigenvalue weighted by molar-refractivity contribution is 5.98. The molecule has 2 aliphatic heterocycles. The largest absolute Gasteiger partial charge is 0.493 e. The molecule has 0 saturated heterocycles. The number of ether oxygens (including phenoxy) is 2. The molecule has 2 aliphatic rings. The molecular formula is C15H15N3O4. The van der Waals surface area contributed by atoms with Crippen LogP contribution in [0.2, 0.25) is 0 Å². The number of aromatic amines is 1. The van der Waals surface area contributed by atoms with E-state index in [-0.39, 0.29) is 5.75 Å². The third-order valence-electron chi connectivity index (χ3n) is 3.16. The van der Waals surface area contributed by atoms with Crippen molar-refractivity contribution in [2.75, 3.05) is 13.7 Å². The normalized spacial score (nSPS) is 10.8. The summed E-state index contributed by atoms with van der Waals surface area (Å²) in [5.74, 6) is 0.582. The van der Waals surface area contributed by atoms with Crippen molar-refractivity contribution >= 4 is 23.6 Å². The molecule has 0 aromatic heterocycles. The SMILES string of the molecule is C=c1cc2[nH]ncc3cc(OC)c(OC(=O)NCC)c(o1)c3-2. The van der Waals surface area contributed by atoms with E-state index in [0.717, 1.165) is 16.6 Å². The van der Waals surface area contributed by atoms with E-state index in [1.807, 2.05) is 0 Å². The Morgan fingerprint density at radius 1 is 1.50 bits per heavy atom. The van der Waals surface area contributed by atoms with Crippen molar-refractivity contribution in [1.82, 2.24) is 15.5 Å². The number of hydrogen-bond donors (Lipinski definition) is 2. The molecule has 1 aromatic rings. The molecule has 0 radical (unpaired) electrons. The van der Waals surface area contributed by atoms with Crippen molar-refractivity contribution in [2.45, 2.75) is 6.92 Å². The van der Waals surface area contributed by atoms with Crippen molar-refractivity contribution < 1.29 is 18.7 Å². The quantitative estimate of drug-likeness (QED) is 0.773. The average Bonchev–Trinajstić information content (AvgIpc) is 2.49. The van der Waals surface area contributed by atoms with Gasteiger partial charge in [0.05, 0.1) is 24.6 Å². The van der Waals surface area contributed by atoms with Crippen LogP contribution in [0.15, 0.2) is 22.7 Å². The minimum atomic E-state index is -0.584. The number of nitrogens with one attached hydrogen (secondary N) is 2. The Kier molecular flexibility index (Phi) is 3.46. The fourth-order valence-corrected chi connectivity index (χ4v) is 2.29. The zero-order chi connectivity index (χ0) is 15.7. The van der Waals surface area contributed by atoms with Gasteiger partial charge in [0.1, 0.15) is 5.42 Å². The van der Waals surface area contributed by atoms with Gasteiger partial charge in [-0.15, -0.1) is 0 Å². The summed E-state index contributed by atoms with van der Waals surface area (Å²) in [4.78, 5) is 11.8. The molecule has 3 rings (SSSR count). The molecule has 2 N–H and O–H groups in total. The summed E-state index contributed by atoms with van der Waals surface area (Å²) in [5.41, 5.74) is 2.27. The third kappa shape index (κ3) is 2.26. The number of carbonyl (C=O) groups excluding carboxylic acids is 1. The van der Waals surface area contributed by atoms with E-state index < -0.39 is 6.09 Å². The van der Waals surface area contributed by atoms with Crippen LogP contribution in [-0.4, -0.2) is 29.9 Å². The van der Waals surface area contributed by atoms with Gasteiger partial charge in [-0.1, -0.05) is 6.58 Å². The van der Waals surface area contributed by atoms with Crippen LogP contribution in [0.5, 0.6) is 11.5 Å². The Morgan fingerprint density at radius 2 is 2.32 bits per heavy atom. The summed E-state index contributed by atoms with van der Waals surface area (Å²) in [6.07, 6.45) is 1.06. The van der Waals surface area contributed by atoms with Crippen molar-refractivity contribution in [3.63, 3.8) is 0 Å². The van der Waals surface area contributed by atoms with Crippen LogP contribution < -0.4 is 20.2 Å². The van der Waals surface area contributed by atoms with Gasteiger partial charge in [0.25, 0.3) is 0 Å². The van der Waals surface area contributed by atoms with Crippen LogP contribution in [0, 0.1) is 0 Å². The number of hydrogen-bond acceptors (Lipinski definition) is 5. The van der Waals surface area contributed by atoms with Gasteiger partial charge in [-0.2, -0.15) is 5.10 Å². The van der Waals surface area contributed by atoms with Crippen molar-refractivity contribution in [3.8, 4) is 22.8 Å². The molecule has 0 saturated carbocycles. The van der Waals surface area contributed by atoms with Crippen LogP contribution in [0.4, 0.5) is 4.79 Å². The Hall–Kier alpha value is -2.96. The zero-order valence-corrected chi connectivity index (χ0v) is 12.2. The molecule has 0 spiro atoms. The van der Waals surface area contributed by atoms with E-state index in [0.29, 0.717) is 23.3 Å². The molecule has 1 amide bonds. The summed E-state index contributed by atoms with van der Waals surface area (Å²) >= 11 is 0. The topological polar surface area (TPSA) is 89.4 Å². The van der Waals surface area contributed by atoms with Gasteiger partial charge in [-0.05, 0) is 13.0 Å². The molecule has 7 nitrogen and oxygen atoms in total. The monoisotopic (exact) mass is 301 g/mol. The predicted octanol–water partition coefficient (Wildman–Crippen LogP) is 2.07. The first-order valence-electron chi connectivity index (χ1n) is 6.72. The second-order valence-corrected chi connectivity index (χ2v) is 4.62. The molecule has 22 heavy (non-hydrogen) atoms. The highest BCUT2D eigenvalue weighted by atomic mass is 16.6. The molecular weight excluding hydrogens is 286 g/mol. The summed E-state index contributed by atoms with van der Waals surface area (Å²) in [6, 6.07) is 3.47. The number of benzene rings is 1. The van der Waals surface area contributed by atoms with Crippen LogP contribution >= 0.6 is 0 Å². The van der Waals surface area contributed by atoms with E-state index >= 15 is 0 Å². The lowest BCUT2D eigenvalue weighted by Crippen LogP contribution is -2.26. The Bertz CT molecular complexity index is 865. The fourth-order valence-electron chi connectivity index (χ4n) is 2.29. The van der Waals surface area contributed by atoms with E-state index in [1.54, 1.807) is 25.3 Å². The van der Waals surface area contributed by atoms with E-state index in [1.165, 1.54) is 7.11 Å². The number of rotatable bonds is 3. The van der Waals surface area contributed by atoms with E-state index in [9.17, 15) is 4.79 Å². The number of H-pyrrole nitrogens is 1. The first-order valence-corrected chi connectivity index (χ1v) is 6.72. The summed E-state index contributed by atoms with van der Waals surface area (Å²) in [6.45, 7) is 6.04. The highest BCUT2D eigenvalue weighted by Gasteiger charge is 2.22. The molecule has 0 atom stereocenters. The van der Waals surface area contributed by atoms with Gasteiger partial charge in [0.15, 0.2) is 11.3 Å². The molecule has 0 unspecified atom stereocenters. The Labute approximate surface area is 125 Å². The van der Waals surface area contributed by atoms with Crippen LogP contribution in [0.1, 0.15) is 6.92 Å². The molecule has 0 aliphatic carbocycles. The number of amides is 1. The van der Waals surface area contributed by atoms with Gasteiger partial charge < -0.3 is 19.2 Å². The maximum atomic E-state index is 11.8. The second kappa shape index (κ2) is 5.44. The lowest BCUT2D eigenvalue weighted by atomic mass is 10.0. The smallest absolute Gasteiger partial charge is 0.412 e. The molecule has 0 bridgehead atoms. The van der Waals surface area contributed by atoms with Crippen molar-refractivity contribution in [3.05, 3.63) is 23.7 Å². The van der Waals surface area contributed by atoms with E-state index in [2.05, 4.69) is 22.1 Å². The molecule has 0 fully saturated rings. The van der Waals surface area contributed by atoms with Gasteiger partial charge in [-0.3, -0.25) is 5.10 Å².